The molecule has 6 nitrogen and oxygen atoms in total. The Morgan fingerprint density at radius 1 is 1.43 bits per heavy atom. The fourth-order valence-electron chi connectivity index (χ4n) is 2.70. The van der Waals surface area contributed by atoms with Crippen LogP contribution in [0.3, 0.4) is 0 Å². The number of hydrogen-bond donors (Lipinski definition) is 1. The standard InChI is InChI=1S/C15H22N2O4/c1-9-5-4-6-12(11(9)3)16-14(18)8-20-15(19)13-7-10(2)17-21-13/h7,9,11-12H,4-6,8H2,1-3H3,(H,16,18)/t9-,11-,12+/m0/s1. The molecule has 1 fully saturated rings. The zero-order valence-corrected chi connectivity index (χ0v) is 12.7. The Morgan fingerprint density at radius 2 is 2.19 bits per heavy atom. The lowest BCUT2D eigenvalue weighted by Gasteiger charge is -2.34. The highest BCUT2D eigenvalue weighted by Crippen LogP contribution is 2.29. The first-order valence-corrected chi connectivity index (χ1v) is 7.37. The maximum absolute atomic E-state index is 11.9. The van der Waals surface area contributed by atoms with E-state index in [0.717, 1.165) is 12.8 Å². The summed E-state index contributed by atoms with van der Waals surface area (Å²) in [5, 5.41) is 6.55. The minimum atomic E-state index is -0.671. The van der Waals surface area contributed by atoms with E-state index in [1.807, 2.05) is 0 Å². The summed E-state index contributed by atoms with van der Waals surface area (Å²) in [5.74, 6) is 0.111. The molecule has 116 valence electrons. The molecule has 1 aliphatic rings. The number of amides is 1. The second-order valence-electron chi connectivity index (χ2n) is 5.85. The van der Waals surface area contributed by atoms with E-state index < -0.39 is 5.97 Å². The van der Waals surface area contributed by atoms with Gasteiger partial charge in [0.15, 0.2) is 6.61 Å². The Balaban J connectivity index is 1.78. The summed E-state index contributed by atoms with van der Waals surface area (Å²) in [6, 6.07) is 1.64. The van der Waals surface area contributed by atoms with Crippen molar-refractivity contribution in [2.45, 2.75) is 46.1 Å². The molecule has 0 radical (unpaired) electrons. The molecule has 0 bridgehead atoms. The Morgan fingerprint density at radius 3 is 2.86 bits per heavy atom. The third kappa shape index (κ3) is 4.06. The van der Waals surface area contributed by atoms with Gasteiger partial charge in [0.05, 0.1) is 5.69 Å². The lowest BCUT2D eigenvalue weighted by atomic mass is 9.78. The number of nitrogens with zero attached hydrogens (tertiary/aromatic N) is 1. The first-order valence-electron chi connectivity index (χ1n) is 7.37. The highest BCUT2D eigenvalue weighted by Gasteiger charge is 2.28. The van der Waals surface area contributed by atoms with Crippen molar-refractivity contribution >= 4 is 11.9 Å². The summed E-state index contributed by atoms with van der Waals surface area (Å²) in [4.78, 5) is 23.5. The fourth-order valence-corrected chi connectivity index (χ4v) is 2.70. The number of aryl methyl sites for hydroxylation is 1. The molecule has 21 heavy (non-hydrogen) atoms. The average molecular weight is 294 g/mol. The molecule has 1 aromatic heterocycles. The summed E-state index contributed by atoms with van der Waals surface area (Å²) in [6.07, 6.45) is 3.30. The van der Waals surface area contributed by atoms with Gasteiger partial charge in [-0.25, -0.2) is 4.79 Å². The van der Waals surface area contributed by atoms with Gasteiger partial charge in [0, 0.05) is 12.1 Å². The minimum Gasteiger partial charge on any atom is -0.450 e. The quantitative estimate of drug-likeness (QED) is 0.860. The lowest BCUT2D eigenvalue weighted by molar-refractivity contribution is -0.125. The number of rotatable bonds is 4. The lowest BCUT2D eigenvalue weighted by Crippen LogP contribution is -2.45. The molecular weight excluding hydrogens is 272 g/mol. The van der Waals surface area contributed by atoms with Crippen LogP contribution in [0, 0.1) is 18.8 Å². The van der Waals surface area contributed by atoms with Gasteiger partial charge >= 0.3 is 5.97 Å². The second kappa shape index (κ2) is 6.74. The van der Waals surface area contributed by atoms with E-state index in [2.05, 4.69) is 24.3 Å². The van der Waals surface area contributed by atoms with E-state index in [1.54, 1.807) is 6.92 Å². The maximum atomic E-state index is 11.9. The molecular formula is C15H22N2O4. The van der Waals surface area contributed by atoms with Crippen LogP contribution >= 0.6 is 0 Å². The summed E-state index contributed by atoms with van der Waals surface area (Å²) in [7, 11) is 0. The van der Waals surface area contributed by atoms with Crippen LogP contribution < -0.4 is 5.32 Å². The Labute approximate surface area is 124 Å². The predicted molar refractivity (Wildman–Crippen MR) is 75.6 cm³/mol. The van der Waals surface area contributed by atoms with Crippen LogP contribution in [0.5, 0.6) is 0 Å². The van der Waals surface area contributed by atoms with Gasteiger partial charge in [0.25, 0.3) is 5.91 Å². The third-order valence-electron chi connectivity index (χ3n) is 4.22. The van der Waals surface area contributed by atoms with E-state index in [0.29, 0.717) is 17.5 Å². The molecule has 1 heterocycles. The monoisotopic (exact) mass is 294 g/mol. The van der Waals surface area contributed by atoms with E-state index in [-0.39, 0.29) is 24.3 Å². The number of ether oxygens (including phenoxy) is 1. The zero-order valence-electron chi connectivity index (χ0n) is 12.7. The highest BCUT2D eigenvalue weighted by molar-refractivity contribution is 5.88. The van der Waals surface area contributed by atoms with Crippen molar-refractivity contribution in [2.75, 3.05) is 6.61 Å². The van der Waals surface area contributed by atoms with Crippen LogP contribution in [0.1, 0.15) is 49.4 Å². The van der Waals surface area contributed by atoms with Crippen molar-refractivity contribution in [3.63, 3.8) is 0 Å². The second-order valence-corrected chi connectivity index (χ2v) is 5.85. The normalized spacial score (nSPS) is 25.4. The Kier molecular flexibility index (Phi) is 4.98. The molecule has 1 aromatic rings. The molecule has 2 rings (SSSR count). The van der Waals surface area contributed by atoms with Gasteiger partial charge in [-0.3, -0.25) is 4.79 Å². The van der Waals surface area contributed by atoms with Crippen LogP contribution in [-0.2, 0) is 9.53 Å². The molecule has 6 heteroatoms. The molecule has 0 unspecified atom stereocenters. The summed E-state index contributed by atoms with van der Waals surface area (Å²) in [5.41, 5.74) is 0.594. The average Bonchev–Trinajstić information content (AvgIpc) is 2.88. The fraction of sp³-hybridized carbons (Fsp3) is 0.667. The number of nitrogens with one attached hydrogen (secondary N) is 1. The van der Waals surface area contributed by atoms with Crippen molar-refractivity contribution in [3.8, 4) is 0 Å². The Hall–Kier alpha value is -1.85. The van der Waals surface area contributed by atoms with Crippen LogP contribution in [0.25, 0.3) is 0 Å². The number of aromatic nitrogens is 1. The smallest absolute Gasteiger partial charge is 0.377 e. The van der Waals surface area contributed by atoms with Crippen molar-refractivity contribution < 1.29 is 18.8 Å². The van der Waals surface area contributed by atoms with E-state index in [1.165, 1.54) is 12.5 Å². The van der Waals surface area contributed by atoms with Gasteiger partial charge in [0.2, 0.25) is 5.76 Å². The molecule has 0 saturated heterocycles. The van der Waals surface area contributed by atoms with Crippen LogP contribution in [-0.4, -0.2) is 29.7 Å². The molecule has 1 N–H and O–H groups in total. The molecule has 3 atom stereocenters. The number of esters is 1. The largest absolute Gasteiger partial charge is 0.450 e. The van der Waals surface area contributed by atoms with Crippen molar-refractivity contribution in [2.24, 2.45) is 11.8 Å². The number of carbonyl (C=O) groups is 2. The van der Waals surface area contributed by atoms with Crippen LogP contribution in [0.4, 0.5) is 0 Å². The van der Waals surface area contributed by atoms with Crippen molar-refractivity contribution in [1.82, 2.24) is 10.5 Å². The molecule has 1 aliphatic carbocycles. The molecule has 0 spiro atoms. The van der Waals surface area contributed by atoms with E-state index in [9.17, 15) is 9.59 Å². The van der Waals surface area contributed by atoms with Gasteiger partial charge in [-0.15, -0.1) is 0 Å². The third-order valence-corrected chi connectivity index (χ3v) is 4.22. The summed E-state index contributed by atoms with van der Waals surface area (Å²) in [6.45, 7) is 5.77. The van der Waals surface area contributed by atoms with E-state index in [4.69, 9.17) is 9.26 Å². The van der Waals surface area contributed by atoms with Crippen LogP contribution in [0.2, 0.25) is 0 Å². The highest BCUT2D eigenvalue weighted by atomic mass is 16.6. The van der Waals surface area contributed by atoms with Gasteiger partial charge in [-0.05, 0) is 25.2 Å². The van der Waals surface area contributed by atoms with Crippen LogP contribution in [0.15, 0.2) is 10.6 Å². The molecule has 1 amide bonds. The number of hydrogen-bond acceptors (Lipinski definition) is 5. The van der Waals surface area contributed by atoms with Crippen molar-refractivity contribution in [3.05, 3.63) is 17.5 Å². The summed E-state index contributed by atoms with van der Waals surface area (Å²) < 4.78 is 9.71. The Bertz CT molecular complexity index is 512. The maximum Gasteiger partial charge on any atom is 0.377 e. The molecule has 1 saturated carbocycles. The molecule has 0 aromatic carbocycles. The van der Waals surface area contributed by atoms with Crippen molar-refractivity contribution in [1.29, 1.82) is 0 Å². The predicted octanol–water partition coefficient (Wildman–Crippen LogP) is 2.08. The minimum absolute atomic E-state index is 0.0138. The number of carbonyl (C=O) groups excluding carboxylic acids is 2. The van der Waals surface area contributed by atoms with Gasteiger partial charge in [-0.2, -0.15) is 0 Å². The SMILES string of the molecule is Cc1cc(C(=O)OCC(=O)N[C@@H]2CCC[C@H](C)[C@@H]2C)on1. The first kappa shape index (κ1) is 15.5. The zero-order chi connectivity index (χ0) is 15.4. The summed E-state index contributed by atoms with van der Waals surface area (Å²) >= 11 is 0. The first-order chi connectivity index (χ1) is 9.97. The van der Waals surface area contributed by atoms with Gasteiger partial charge < -0.3 is 14.6 Å². The topological polar surface area (TPSA) is 81.4 Å². The molecule has 0 aliphatic heterocycles. The van der Waals surface area contributed by atoms with Gasteiger partial charge in [0.1, 0.15) is 0 Å². The van der Waals surface area contributed by atoms with Gasteiger partial charge in [-0.1, -0.05) is 31.8 Å². The van der Waals surface area contributed by atoms with E-state index >= 15 is 0 Å².